The van der Waals surface area contributed by atoms with E-state index in [9.17, 15) is 0 Å². The quantitative estimate of drug-likeness (QED) is 0.226. The third-order valence-electron chi connectivity index (χ3n) is 6.07. The lowest BCUT2D eigenvalue weighted by molar-refractivity contribution is 0.494. The van der Waals surface area contributed by atoms with E-state index in [1.165, 1.54) is 0 Å². The van der Waals surface area contributed by atoms with E-state index >= 15 is 0 Å². The Bertz CT molecular complexity index is 1160. The number of imidazole rings is 2. The van der Waals surface area contributed by atoms with E-state index < -0.39 is 0 Å². The summed E-state index contributed by atoms with van der Waals surface area (Å²) in [5.41, 5.74) is 17.9. The Hall–Kier alpha value is -2.64. The van der Waals surface area contributed by atoms with Gasteiger partial charge in [-0.2, -0.15) is 0 Å². The van der Waals surface area contributed by atoms with Gasteiger partial charge in [0.05, 0.1) is 12.1 Å². The number of rotatable bonds is 7. The molecule has 6 N–H and O–H groups in total. The summed E-state index contributed by atoms with van der Waals surface area (Å²) in [4.78, 5) is 15.5. The lowest BCUT2D eigenvalue weighted by Crippen LogP contribution is -2.18. The summed E-state index contributed by atoms with van der Waals surface area (Å²) in [5.74, 6) is 1.92. The number of benzene rings is 2. The first-order chi connectivity index (χ1) is 16.2. The van der Waals surface area contributed by atoms with Crippen molar-refractivity contribution in [1.29, 1.82) is 0 Å². The van der Waals surface area contributed by atoms with Crippen LogP contribution in [0.3, 0.4) is 0 Å². The molecule has 8 heteroatoms. The molecule has 0 fully saturated rings. The molecule has 0 radical (unpaired) electrons. The Kier molecular flexibility index (Phi) is 7.14. The molecule has 0 saturated heterocycles. The minimum Gasteiger partial charge on any atom is -0.331 e. The van der Waals surface area contributed by atoms with E-state index in [-0.39, 0.29) is 23.9 Å². The number of H-pyrrole nitrogens is 2. The summed E-state index contributed by atoms with van der Waals surface area (Å²) in [6.45, 7) is 8.22. The molecule has 0 bridgehead atoms. The molecule has 2 aromatic carbocycles. The molecule has 0 aliphatic carbocycles. The van der Waals surface area contributed by atoms with Crippen LogP contribution in [0.4, 0.5) is 0 Å². The van der Waals surface area contributed by atoms with Crippen LogP contribution in [-0.2, 0) is 0 Å². The number of aromatic nitrogens is 4. The molecule has 0 spiro atoms. The molecule has 0 amide bonds. The molecule has 4 aromatic rings. The Morgan fingerprint density at radius 3 is 1.18 bits per heavy atom. The monoisotopic (exact) mass is 496 g/mol. The van der Waals surface area contributed by atoms with E-state index in [4.69, 9.17) is 34.7 Å². The fraction of sp³-hybridized carbons (Fsp3) is 0.308. The van der Waals surface area contributed by atoms with Crippen LogP contribution < -0.4 is 11.5 Å². The van der Waals surface area contributed by atoms with Gasteiger partial charge in [0.2, 0.25) is 0 Å². The molecule has 0 aliphatic rings. The number of halogens is 2. The Morgan fingerprint density at radius 2 is 0.882 bits per heavy atom. The van der Waals surface area contributed by atoms with Gasteiger partial charge in [-0.1, -0.05) is 99.4 Å². The fourth-order valence-electron chi connectivity index (χ4n) is 3.71. The van der Waals surface area contributed by atoms with Gasteiger partial charge in [-0.25, -0.2) is 9.97 Å². The largest absolute Gasteiger partial charge is 0.331 e. The third-order valence-corrected chi connectivity index (χ3v) is 6.62. The summed E-state index contributed by atoms with van der Waals surface area (Å²) in [5, 5.41) is 0.992. The van der Waals surface area contributed by atoms with Crippen LogP contribution in [-0.4, -0.2) is 19.9 Å². The summed E-state index contributed by atoms with van der Waals surface area (Å²) in [6.07, 6.45) is 0. The normalized spacial score (nSPS) is 13.6. The number of nitrogens with zero attached hydrogens (tertiary/aromatic N) is 2. The summed E-state index contributed by atoms with van der Waals surface area (Å²) >= 11 is 12.8. The third kappa shape index (κ3) is 4.91. The lowest BCUT2D eigenvalue weighted by Gasteiger charge is -2.11. The highest BCUT2D eigenvalue weighted by atomic mass is 35.5. The molecule has 178 valence electrons. The summed E-state index contributed by atoms with van der Waals surface area (Å²) < 4.78 is 0. The van der Waals surface area contributed by atoms with E-state index in [2.05, 4.69) is 71.9 Å². The molecular weight excluding hydrogens is 467 g/mol. The van der Waals surface area contributed by atoms with Crippen molar-refractivity contribution in [2.75, 3.05) is 0 Å². The lowest BCUT2D eigenvalue weighted by atomic mass is 10.0. The molecule has 0 saturated carbocycles. The molecule has 4 rings (SSSR count). The van der Waals surface area contributed by atoms with Crippen LogP contribution in [0.25, 0.3) is 33.6 Å². The van der Waals surface area contributed by atoms with Gasteiger partial charge in [-0.3, -0.25) is 0 Å². The van der Waals surface area contributed by atoms with E-state index in [0.717, 1.165) is 22.3 Å². The number of aromatic amines is 2. The van der Waals surface area contributed by atoms with E-state index in [0.29, 0.717) is 33.3 Å². The first-order valence-electron chi connectivity index (χ1n) is 11.4. The standard InChI is InChI=1S/C26H30Cl2N6/c1-13(2)19(29)25-31-21(23(27)33-25)17-9-5-15(6-10-17)16-7-11-18(12-8-16)22-24(28)34-26(32-22)20(30)14(3)4/h5-14,19-20H,29-30H2,1-4H3,(H,31,33)(H,32,34)/t19-,20-/m0/s1. The fourth-order valence-corrected chi connectivity index (χ4v) is 4.21. The van der Waals surface area contributed by atoms with Gasteiger partial charge < -0.3 is 21.4 Å². The van der Waals surface area contributed by atoms with Crippen molar-refractivity contribution in [3.63, 3.8) is 0 Å². The molecule has 6 nitrogen and oxygen atoms in total. The highest BCUT2D eigenvalue weighted by Crippen LogP contribution is 2.33. The number of nitrogens with two attached hydrogens (primary N) is 2. The molecular formula is C26H30Cl2N6. The van der Waals surface area contributed by atoms with Crippen LogP contribution >= 0.6 is 23.2 Å². The van der Waals surface area contributed by atoms with Crippen LogP contribution in [0.5, 0.6) is 0 Å². The molecule has 0 unspecified atom stereocenters. The molecule has 0 aliphatic heterocycles. The maximum atomic E-state index is 6.41. The van der Waals surface area contributed by atoms with Gasteiger partial charge in [0, 0.05) is 11.1 Å². The Balaban J connectivity index is 1.55. The van der Waals surface area contributed by atoms with Crippen LogP contribution in [0.2, 0.25) is 10.3 Å². The van der Waals surface area contributed by atoms with Crippen molar-refractivity contribution in [3.8, 4) is 33.6 Å². The molecule has 2 atom stereocenters. The van der Waals surface area contributed by atoms with Crippen LogP contribution in [0, 0.1) is 11.8 Å². The smallest absolute Gasteiger partial charge is 0.134 e. The summed E-state index contributed by atoms with van der Waals surface area (Å²) in [7, 11) is 0. The average molecular weight is 497 g/mol. The zero-order chi connectivity index (χ0) is 24.6. The van der Waals surface area contributed by atoms with Crippen LogP contribution in [0.1, 0.15) is 51.4 Å². The average Bonchev–Trinajstić information content (AvgIpc) is 3.40. The van der Waals surface area contributed by atoms with Gasteiger partial charge in [-0.05, 0) is 23.0 Å². The topological polar surface area (TPSA) is 109 Å². The van der Waals surface area contributed by atoms with Crippen molar-refractivity contribution < 1.29 is 0 Å². The van der Waals surface area contributed by atoms with Crippen molar-refractivity contribution in [3.05, 3.63) is 70.5 Å². The van der Waals surface area contributed by atoms with Crippen molar-refractivity contribution >= 4 is 23.2 Å². The number of hydrogen-bond acceptors (Lipinski definition) is 4. The summed E-state index contributed by atoms with van der Waals surface area (Å²) in [6, 6.07) is 15.9. The second kappa shape index (κ2) is 9.92. The zero-order valence-corrected chi connectivity index (χ0v) is 21.2. The van der Waals surface area contributed by atoms with Crippen LogP contribution in [0.15, 0.2) is 48.5 Å². The predicted octanol–water partition coefficient (Wildman–Crippen LogP) is 6.75. The predicted molar refractivity (Wildman–Crippen MR) is 141 cm³/mol. The minimum atomic E-state index is -0.191. The van der Waals surface area contributed by atoms with Gasteiger partial charge >= 0.3 is 0 Å². The second-order valence-corrected chi connectivity index (χ2v) is 10.0. The zero-order valence-electron chi connectivity index (χ0n) is 19.7. The first-order valence-corrected chi connectivity index (χ1v) is 12.1. The van der Waals surface area contributed by atoms with Gasteiger partial charge in [0.1, 0.15) is 33.3 Å². The first kappa shape index (κ1) is 24.5. The minimum absolute atomic E-state index is 0.191. The van der Waals surface area contributed by atoms with Gasteiger partial charge in [0.15, 0.2) is 0 Å². The second-order valence-electron chi connectivity index (χ2n) is 9.26. The Morgan fingerprint density at radius 1 is 0.588 bits per heavy atom. The van der Waals surface area contributed by atoms with Crippen molar-refractivity contribution in [1.82, 2.24) is 19.9 Å². The maximum absolute atomic E-state index is 6.41. The van der Waals surface area contributed by atoms with E-state index in [1.807, 2.05) is 24.3 Å². The highest BCUT2D eigenvalue weighted by Gasteiger charge is 2.19. The maximum Gasteiger partial charge on any atom is 0.134 e. The Labute approximate surface area is 210 Å². The van der Waals surface area contributed by atoms with Gasteiger partial charge in [0.25, 0.3) is 0 Å². The molecule has 2 aromatic heterocycles. The molecule has 34 heavy (non-hydrogen) atoms. The van der Waals surface area contributed by atoms with Gasteiger partial charge in [-0.15, -0.1) is 0 Å². The SMILES string of the molecule is CC(C)[C@H](N)c1nc(-c2ccc(-c3ccc(-c4nc([C@@H](N)C(C)C)[nH]c4Cl)cc3)cc2)c(Cl)[nH]1. The number of nitrogens with one attached hydrogen (secondary N) is 2. The highest BCUT2D eigenvalue weighted by molar-refractivity contribution is 6.32. The van der Waals surface area contributed by atoms with Crippen molar-refractivity contribution in [2.24, 2.45) is 23.3 Å². The number of hydrogen-bond donors (Lipinski definition) is 4. The van der Waals surface area contributed by atoms with Crippen molar-refractivity contribution in [2.45, 2.75) is 39.8 Å². The molecule has 2 heterocycles. The van der Waals surface area contributed by atoms with E-state index in [1.54, 1.807) is 0 Å².